The van der Waals surface area contributed by atoms with Crippen LogP contribution >= 0.6 is 0 Å². The Bertz CT molecular complexity index is 420. The van der Waals surface area contributed by atoms with Crippen LogP contribution in [0.5, 0.6) is 5.75 Å². The van der Waals surface area contributed by atoms with Crippen molar-refractivity contribution in [2.45, 2.75) is 19.9 Å². The van der Waals surface area contributed by atoms with E-state index in [1.54, 1.807) is 0 Å². The number of rotatable bonds is 3. The quantitative estimate of drug-likeness (QED) is 0.881. The number of nitrogens with zero attached hydrogens (tertiary/aromatic N) is 1. The minimum absolute atomic E-state index is 0.0885. The lowest BCUT2D eigenvalue weighted by atomic mass is 10.1. The molecule has 1 fully saturated rings. The third kappa shape index (κ3) is 2.82. The van der Waals surface area contributed by atoms with Gasteiger partial charge in [0.05, 0.1) is 6.61 Å². The molecule has 1 atom stereocenters. The van der Waals surface area contributed by atoms with Crippen LogP contribution in [-0.2, 0) is 0 Å². The van der Waals surface area contributed by atoms with Crippen molar-refractivity contribution in [1.82, 2.24) is 10.2 Å². The highest BCUT2D eigenvalue weighted by molar-refractivity contribution is 5.94. The summed E-state index contributed by atoms with van der Waals surface area (Å²) in [4.78, 5) is 14.3. The van der Waals surface area contributed by atoms with Crippen LogP contribution in [0.1, 0.15) is 24.2 Å². The molecule has 18 heavy (non-hydrogen) atoms. The molecular formula is C14H20N2O2. The summed E-state index contributed by atoms with van der Waals surface area (Å²) in [5.41, 5.74) is 0.703. The van der Waals surface area contributed by atoms with Crippen molar-refractivity contribution in [3.8, 4) is 5.75 Å². The molecule has 1 aromatic carbocycles. The first-order valence-corrected chi connectivity index (χ1v) is 6.47. The standard InChI is InChI=1S/C14H20N2O2/c1-3-18-13-6-4-5-12(9-13)14(17)16-8-7-15-10-11(16)2/h4-6,9,11,15H,3,7-8,10H2,1-2H3. The smallest absolute Gasteiger partial charge is 0.254 e. The molecule has 0 bridgehead atoms. The first kappa shape index (κ1) is 12.9. The van der Waals surface area contributed by atoms with Crippen LogP contribution in [-0.4, -0.2) is 43.1 Å². The Morgan fingerprint density at radius 1 is 1.56 bits per heavy atom. The molecule has 4 nitrogen and oxygen atoms in total. The second kappa shape index (κ2) is 5.87. The van der Waals surface area contributed by atoms with Gasteiger partial charge in [-0.1, -0.05) is 6.07 Å². The molecular weight excluding hydrogens is 228 g/mol. The summed E-state index contributed by atoms with van der Waals surface area (Å²) >= 11 is 0. The minimum Gasteiger partial charge on any atom is -0.494 e. The van der Waals surface area contributed by atoms with Gasteiger partial charge in [0.2, 0.25) is 0 Å². The monoisotopic (exact) mass is 248 g/mol. The SMILES string of the molecule is CCOc1cccc(C(=O)N2CCNCC2C)c1. The van der Waals surface area contributed by atoms with Crippen LogP contribution in [0, 0.1) is 0 Å². The van der Waals surface area contributed by atoms with Gasteiger partial charge in [-0.2, -0.15) is 0 Å². The third-order valence-corrected chi connectivity index (χ3v) is 3.15. The molecule has 0 aromatic heterocycles. The largest absolute Gasteiger partial charge is 0.494 e. The highest BCUT2D eigenvalue weighted by Gasteiger charge is 2.24. The normalized spacial score (nSPS) is 19.7. The lowest BCUT2D eigenvalue weighted by Crippen LogP contribution is -2.52. The Kier molecular flexibility index (Phi) is 4.20. The topological polar surface area (TPSA) is 41.6 Å². The van der Waals surface area contributed by atoms with Crippen LogP contribution in [0.25, 0.3) is 0 Å². The van der Waals surface area contributed by atoms with Crippen LogP contribution in [0.4, 0.5) is 0 Å². The Labute approximate surface area is 108 Å². The van der Waals surface area contributed by atoms with Crippen molar-refractivity contribution in [3.63, 3.8) is 0 Å². The van der Waals surface area contributed by atoms with Gasteiger partial charge in [0, 0.05) is 31.2 Å². The fraction of sp³-hybridized carbons (Fsp3) is 0.500. The molecule has 1 saturated heterocycles. The maximum Gasteiger partial charge on any atom is 0.254 e. The van der Waals surface area contributed by atoms with Crippen molar-refractivity contribution in [2.75, 3.05) is 26.2 Å². The number of benzene rings is 1. The second-order valence-corrected chi connectivity index (χ2v) is 4.51. The third-order valence-electron chi connectivity index (χ3n) is 3.15. The van der Waals surface area contributed by atoms with Crippen molar-refractivity contribution in [3.05, 3.63) is 29.8 Å². The molecule has 0 saturated carbocycles. The molecule has 98 valence electrons. The van der Waals surface area contributed by atoms with Gasteiger partial charge < -0.3 is 15.0 Å². The molecule has 1 amide bonds. The van der Waals surface area contributed by atoms with Crippen molar-refractivity contribution in [2.24, 2.45) is 0 Å². The molecule has 4 heteroatoms. The summed E-state index contributed by atoms with van der Waals surface area (Å²) in [7, 11) is 0. The Hall–Kier alpha value is -1.55. The molecule has 1 unspecified atom stereocenters. The molecule has 1 N–H and O–H groups in total. The van der Waals surface area contributed by atoms with Gasteiger partial charge in [-0.15, -0.1) is 0 Å². The highest BCUT2D eigenvalue weighted by atomic mass is 16.5. The van der Waals surface area contributed by atoms with E-state index in [0.717, 1.165) is 25.4 Å². The number of amides is 1. The van der Waals surface area contributed by atoms with E-state index in [-0.39, 0.29) is 11.9 Å². The number of carbonyl (C=O) groups excluding carboxylic acids is 1. The minimum atomic E-state index is 0.0885. The van der Waals surface area contributed by atoms with E-state index in [4.69, 9.17) is 4.74 Å². The highest BCUT2D eigenvalue weighted by Crippen LogP contribution is 2.16. The first-order chi connectivity index (χ1) is 8.72. The van der Waals surface area contributed by atoms with Gasteiger partial charge in [0.15, 0.2) is 0 Å². The van der Waals surface area contributed by atoms with E-state index in [2.05, 4.69) is 12.2 Å². The molecule has 2 rings (SSSR count). The van der Waals surface area contributed by atoms with E-state index in [1.165, 1.54) is 0 Å². The lowest BCUT2D eigenvalue weighted by molar-refractivity contribution is 0.0655. The van der Waals surface area contributed by atoms with Crippen LogP contribution in [0.15, 0.2) is 24.3 Å². The lowest BCUT2D eigenvalue weighted by Gasteiger charge is -2.34. The fourth-order valence-corrected chi connectivity index (χ4v) is 2.19. The van der Waals surface area contributed by atoms with Crippen molar-refractivity contribution in [1.29, 1.82) is 0 Å². The second-order valence-electron chi connectivity index (χ2n) is 4.51. The first-order valence-electron chi connectivity index (χ1n) is 6.47. The summed E-state index contributed by atoms with van der Waals surface area (Å²) in [5, 5.41) is 3.28. The van der Waals surface area contributed by atoms with E-state index in [9.17, 15) is 4.79 Å². The number of hydrogen-bond acceptors (Lipinski definition) is 3. The summed E-state index contributed by atoms with van der Waals surface area (Å²) in [5.74, 6) is 0.844. The molecule has 1 aliphatic rings. The Morgan fingerprint density at radius 2 is 2.39 bits per heavy atom. The van der Waals surface area contributed by atoms with Gasteiger partial charge in [0.1, 0.15) is 5.75 Å². The average Bonchev–Trinajstić information content (AvgIpc) is 2.39. The Morgan fingerprint density at radius 3 is 3.11 bits per heavy atom. The van der Waals surface area contributed by atoms with Gasteiger partial charge >= 0.3 is 0 Å². The van der Waals surface area contributed by atoms with Gasteiger partial charge in [-0.3, -0.25) is 4.79 Å². The molecule has 0 aliphatic carbocycles. The molecule has 0 spiro atoms. The van der Waals surface area contributed by atoms with Crippen LogP contribution in [0.3, 0.4) is 0 Å². The zero-order valence-electron chi connectivity index (χ0n) is 11.0. The Balaban J connectivity index is 2.14. The van der Waals surface area contributed by atoms with Crippen LogP contribution < -0.4 is 10.1 Å². The van der Waals surface area contributed by atoms with Crippen molar-refractivity contribution < 1.29 is 9.53 Å². The maximum atomic E-state index is 12.4. The molecule has 0 radical (unpaired) electrons. The summed E-state index contributed by atoms with van der Waals surface area (Å²) in [6, 6.07) is 7.65. The summed E-state index contributed by atoms with van der Waals surface area (Å²) in [6.07, 6.45) is 0. The van der Waals surface area contributed by atoms with Gasteiger partial charge in [-0.25, -0.2) is 0 Å². The van der Waals surface area contributed by atoms with E-state index >= 15 is 0 Å². The predicted octanol–water partition coefficient (Wildman–Crippen LogP) is 1.52. The van der Waals surface area contributed by atoms with E-state index < -0.39 is 0 Å². The van der Waals surface area contributed by atoms with Gasteiger partial charge in [-0.05, 0) is 32.0 Å². The number of piperazine rings is 1. The van der Waals surface area contributed by atoms with Gasteiger partial charge in [0.25, 0.3) is 5.91 Å². The van der Waals surface area contributed by atoms with Crippen molar-refractivity contribution >= 4 is 5.91 Å². The summed E-state index contributed by atoms with van der Waals surface area (Å²) < 4.78 is 5.43. The van der Waals surface area contributed by atoms with Crippen LogP contribution in [0.2, 0.25) is 0 Å². The number of carbonyl (C=O) groups is 1. The average molecular weight is 248 g/mol. The zero-order valence-corrected chi connectivity index (χ0v) is 11.0. The molecule has 1 aliphatic heterocycles. The maximum absolute atomic E-state index is 12.4. The summed E-state index contributed by atoms with van der Waals surface area (Å²) in [6.45, 7) is 7.10. The fourth-order valence-electron chi connectivity index (χ4n) is 2.19. The van der Waals surface area contributed by atoms with E-state index in [0.29, 0.717) is 12.2 Å². The number of nitrogens with one attached hydrogen (secondary N) is 1. The van der Waals surface area contributed by atoms with E-state index in [1.807, 2.05) is 36.1 Å². The predicted molar refractivity (Wildman–Crippen MR) is 71.0 cm³/mol. The number of ether oxygens (including phenoxy) is 1. The number of hydrogen-bond donors (Lipinski definition) is 1. The molecule has 1 aromatic rings. The molecule has 1 heterocycles. The zero-order chi connectivity index (χ0) is 13.0.